The summed E-state index contributed by atoms with van der Waals surface area (Å²) in [4.78, 5) is 24.2. The minimum atomic E-state index is -0.269. The molecule has 1 saturated carbocycles. The zero-order valence-corrected chi connectivity index (χ0v) is 13.4. The van der Waals surface area contributed by atoms with Crippen molar-refractivity contribution in [3.63, 3.8) is 0 Å². The maximum absolute atomic E-state index is 12.2. The van der Waals surface area contributed by atoms with E-state index in [1.165, 1.54) is 25.7 Å². The standard InChI is InChI=1S/C17H23N3O3/c1-20-13-8-9-23-15(13)10-14(20)17(22)18-11-16(21)19-12-6-4-2-3-5-7-12/h8-10,12H,2-7,11H2,1H3,(H,18,22)(H,19,21). The van der Waals surface area contributed by atoms with Crippen LogP contribution in [0, 0.1) is 0 Å². The summed E-state index contributed by atoms with van der Waals surface area (Å²) in [7, 11) is 1.80. The van der Waals surface area contributed by atoms with Crippen molar-refractivity contribution in [1.29, 1.82) is 0 Å². The van der Waals surface area contributed by atoms with Gasteiger partial charge in [0, 0.05) is 25.2 Å². The first-order valence-corrected chi connectivity index (χ1v) is 8.25. The molecule has 1 fully saturated rings. The Hall–Kier alpha value is -2.24. The number of hydrogen-bond donors (Lipinski definition) is 2. The number of amides is 2. The molecule has 3 rings (SSSR count). The highest BCUT2D eigenvalue weighted by molar-refractivity contribution is 5.99. The lowest BCUT2D eigenvalue weighted by atomic mass is 10.1. The Balaban J connectivity index is 1.52. The van der Waals surface area contributed by atoms with Crippen molar-refractivity contribution in [2.24, 2.45) is 7.05 Å². The Morgan fingerprint density at radius 2 is 2.00 bits per heavy atom. The van der Waals surface area contributed by atoms with Gasteiger partial charge in [-0.25, -0.2) is 0 Å². The largest absolute Gasteiger partial charge is 0.463 e. The van der Waals surface area contributed by atoms with Crippen molar-refractivity contribution < 1.29 is 14.0 Å². The number of nitrogens with zero attached hydrogens (tertiary/aromatic N) is 1. The molecule has 0 spiro atoms. The molecule has 2 heterocycles. The van der Waals surface area contributed by atoms with Crippen molar-refractivity contribution >= 4 is 22.9 Å². The number of carbonyl (C=O) groups excluding carboxylic acids is 2. The van der Waals surface area contributed by atoms with Crippen LogP contribution in [0.4, 0.5) is 0 Å². The molecule has 2 N–H and O–H groups in total. The van der Waals surface area contributed by atoms with Crippen LogP contribution < -0.4 is 10.6 Å². The lowest BCUT2D eigenvalue weighted by Crippen LogP contribution is -2.42. The van der Waals surface area contributed by atoms with E-state index in [1.807, 2.05) is 6.07 Å². The van der Waals surface area contributed by atoms with Crippen molar-refractivity contribution in [1.82, 2.24) is 15.2 Å². The van der Waals surface area contributed by atoms with Crippen LogP contribution >= 0.6 is 0 Å². The molecule has 0 unspecified atom stereocenters. The van der Waals surface area contributed by atoms with Crippen LogP contribution in [0.15, 0.2) is 22.8 Å². The van der Waals surface area contributed by atoms with Crippen molar-refractivity contribution in [2.45, 2.75) is 44.6 Å². The number of nitrogens with one attached hydrogen (secondary N) is 2. The third-order valence-electron chi connectivity index (χ3n) is 4.53. The summed E-state index contributed by atoms with van der Waals surface area (Å²) >= 11 is 0. The smallest absolute Gasteiger partial charge is 0.268 e. The zero-order valence-electron chi connectivity index (χ0n) is 13.4. The molecule has 6 nitrogen and oxygen atoms in total. The molecule has 1 aliphatic carbocycles. The number of furan rings is 1. The molecule has 2 amide bonds. The van der Waals surface area contributed by atoms with Gasteiger partial charge in [0.25, 0.3) is 5.91 Å². The number of aromatic nitrogens is 1. The zero-order chi connectivity index (χ0) is 16.2. The number of aryl methyl sites for hydroxylation is 1. The van der Waals surface area contributed by atoms with E-state index >= 15 is 0 Å². The molecule has 0 radical (unpaired) electrons. The van der Waals surface area contributed by atoms with E-state index in [1.54, 1.807) is 23.9 Å². The van der Waals surface area contributed by atoms with E-state index < -0.39 is 0 Å². The third kappa shape index (κ3) is 3.57. The van der Waals surface area contributed by atoms with Crippen molar-refractivity contribution in [2.75, 3.05) is 6.54 Å². The van der Waals surface area contributed by atoms with Gasteiger partial charge in [-0.2, -0.15) is 0 Å². The normalized spacial score (nSPS) is 16.2. The van der Waals surface area contributed by atoms with Gasteiger partial charge >= 0.3 is 0 Å². The maximum atomic E-state index is 12.2. The van der Waals surface area contributed by atoms with Crippen LogP contribution in [0.3, 0.4) is 0 Å². The number of hydrogen-bond acceptors (Lipinski definition) is 3. The predicted molar refractivity (Wildman–Crippen MR) is 87.2 cm³/mol. The van der Waals surface area contributed by atoms with E-state index in [9.17, 15) is 9.59 Å². The van der Waals surface area contributed by atoms with Gasteiger partial charge in [0.2, 0.25) is 5.91 Å². The molecule has 0 saturated heterocycles. The lowest BCUT2D eigenvalue weighted by Gasteiger charge is -2.16. The number of carbonyl (C=O) groups is 2. The monoisotopic (exact) mass is 317 g/mol. The summed E-state index contributed by atoms with van der Waals surface area (Å²) in [6.45, 7) is 0.00186. The molecule has 0 bridgehead atoms. The van der Waals surface area contributed by atoms with Crippen LogP contribution in [0.1, 0.15) is 49.0 Å². The molecule has 2 aromatic heterocycles. The number of rotatable bonds is 4. The Morgan fingerprint density at radius 1 is 1.26 bits per heavy atom. The number of fused-ring (bicyclic) bond motifs is 1. The summed E-state index contributed by atoms with van der Waals surface area (Å²) < 4.78 is 7.05. The molecule has 0 aliphatic heterocycles. The van der Waals surface area contributed by atoms with Gasteiger partial charge in [0.1, 0.15) is 5.69 Å². The van der Waals surface area contributed by atoms with Gasteiger partial charge in [0.15, 0.2) is 5.58 Å². The van der Waals surface area contributed by atoms with E-state index in [-0.39, 0.29) is 24.4 Å². The Bertz CT molecular complexity index is 693. The third-order valence-corrected chi connectivity index (χ3v) is 4.53. The van der Waals surface area contributed by atoms with Gasteiger partial charge in [-0.05, 0) is 12.8 Å². The van der Waals surface area contributed by atoms with Gasteiger partial charge in [-0.1, -0.05) is 25.7 Å². The molecular weight excluding hydrogens is 294 g/mol. The first-order valence-electron chi connectivity index (χ1n) is 8.25. The van der Waals surface area contributed by atoms with E-state index in [0.29, 0.717) is 11.3 Å². The summed E-state index contributed by atoms with van der Waals surface area (Å²) in [6, 6.07) is 3.75. The van der Waals surface area contributed by atoms with Gasteiger partial charge < -0.3 is 19.6 Å². The topological polar surface area (TPSA) is 76.3 Å². The fraction of sp³-hybridized carbons (Fsp3) is 0.529. The molecule has 2 aromatic rings. The minimum absolute atomic E-state index is 0.00186. The quantitative estimate of drug-likeness (QED) is 0.850. The maximum Gasteiger partial charge on any atom is 0.268 e. The highest BCUT2D eigenvalue weighted by Gasteiger charge is 2.18. The molecule has 0 aromatic carbocycles. The molecule has 1 aliphatic rings. The van der Waals surface area contributed by atoms with Crippen LogP contribution in [-0.2, 0) is 11.8 Å². The van der Waals surface area contributed by atoms with Gasteiger partial charge in [0.05, 0.1) is 18.3 Å². The summed E-state index contributed by atoms with van der Waals surface area (Å²) in [6.07, 6.45) is 8.49. The molecule has 124 valence electrons. The predicted octanol–water partition coefficient (Wildman–Crippen LogP) is 2.34. The lowest BCUT2D eigenvalue weighted by molar-refractivity contribution is -0.120. The first-order chi connectivity index (χ1) is 11.1. The highest BCUT2D eigenvalue weighted by atomic mass is 16.3. The Labute approximate surface area is 135 Å². The average Bonchev–Trinajstić information content (AvgIpc) is 3.01. The van der Waals surface area contributed by atoms with Crippen molar-refractivity contribution in [3.8, 4) is 0 Å². The molecule has 23 heavy (non-hydrogen) atoms. The van der Waals surface area contributed by atoms with E-state index in [0.717, 1.165) is 18.4 Å². The average molecular weight is 317 g/mol. The van der Waals surface area contributed by atoms with Crippen LogP contribution in [0.25, 0.3) is 11.1 Å². The minimum Gasteiger partial charge on any atom is -0.463 e. The van der Waals surface area contributed by atoms with E-state index in [4.69, 9.17) is 4.42 Å². The fourth-order valence-electron chi connectivity index (χ4n) is 3.22. The SMILES string of the molecule is Cn1c(C(=O)NCC(=O)NC2CCCCCC2)cc2occc21. The summed E-state index contributed by atoms with van der Waals surface area (Å²) in [5.74, 6) is -0.391. The molecule has 6 heteroatoms. The molecular formula is C17H23N3O3. The fourth-order valence-corrected chi connectivity index (χ4v) is 3.22. The summed E-state index contributed by atoms with van der Waals surface area (Å²) in [5.41, 5.74) is 2.01. The summed E-state index contributed by atoms with van der Waals surface area (Å²) in [5, 5.41) is 5.70. The van der Waals surface area contributed by atoms with Crippen molar-refractivity contribution in [3.05, 3.63) is 24.1 Å². The Morgan fingerprint density at radius 3 is 2.70 bits per heavy atom. The molecule has 0 atom stereocenters. The van der Waals surface area contributed by atoms with Crippen LogP contribution in [-0.4, -0.2) is 29.0 Å². The first kappa shape index (κ1) is 15.6. The van der Waals surface area contributed by atoms with Crippen LogP contribution in [0.2, 0.25) is 0 Å². The van der Waals surface area contributed by atoms with Gasteiger partial charge in [-0.3, -0.25) is 9.59 Å². The van der Waals surface area contributed by atoms with Gasteiger partial charge in [-0.15, -0.1) is 0 Å². The highest BCUT2D eigenvalue weighted by Crippen LogP contribution is 2.19. The Kier molecular flexibility index (Phi) is 4.69. The second kappa shape index (κ2) is 6.89. The van der Waals surface area contributed by atoms with E-state index in [2.05, 4.69) is 10.6 Å². The van der Waals surface area contributed by atoms with Crippen LogP contribution in [0.5, 0.6) is 0 Å². The second-order valence-corrected chi connectivity index (χ2v) is 6.20. The second-order valence-electron chi connectivity index (χ2n) is 6.20.